The molecule has 1 saturated heterocycles. The first kappa shape index (κ1) is 17.1. The van der Waals surface area contributed by atoms with E-state index in [1.165, 1.54) is 28.6 Å². The summed E-state index contributed by atoms with van der Waals surface area (Å²) in [4.78, 5) is 2.33. The topological polar surface area (TPSA) is 57.9 Å². The second-order valence-corrected chi connectivity index (χ2v) is 8.28. The van der Waals surface area contributed by atoms with Gasteiger partial charge in [0.2, 0.25) is 10.0 Å². The van der Waals surface area contributed by atoms with Crippen molar-refractivity contribution < 1.29 is 12.8 Å². The number of hydrogen-bond acceptors (Lipinski definition) is 4. The van der Waals surface area contributed by atoms with E-state index in [1.807, 2.05) is 35.0 Å². The van der Waals surface area contributed by atoms with E-state index in [-0.39, 0.29) is 4.90 Å². The third kappa shape index (κ3) is 3.35. The Balaban J connectivity index is 1.41. The number of hydrogen-bond donors (Lipinski definition) is 0. The Morgan fingerprint density at radius 3 is 2.42 bits per heavy atom. The molecule has 1 aromatic carbocycles. The Morgan fingerprint density at radius 1 is 1.00 bits per heavy atom. The number of pyridine rings is 1. The van der Waals surface area contributed by atoms with Crippen molar-refractivity contribution in [3.05, 3.63) is 66.2 Å². The molecule has 0 amide bonds. The molecule has 0 spiro atoms. The second kappa shape index (κ2) is 6.79. The smallest absolute Gasteiger partial charge is 0.243 e. The molecule has 1 aliphatic heterocycles. The van der Waals surface area contributed by atoms with Gasteiger partial charge in [0.25, 0.3) is 0 Å². The van der Waals surface area contributed by atoms with Crippen molar-refractivity contribution in [2.24, 2.45) is 0 Å². The molecule has 0 bridgehead atoms. The molecule has 2 aromatic heterocycles. The molecule has 3 aromatic rings. The van der Waals surface area contributed by atoms with Crippen LogP contribution in [-0.2, 0) is 16.6 Å². The Bertz CT molecular complexity index is 976. The van der Waals surface area contributed by atoms with Gasteiger partial charge < -0.3 is 0 Å². The van der Waals surface area contributed by atoms with E-state index in [1.54, 1.807) is 0 Å². The van der Waals surface area contributed by atoms with E-state index in [4.69, 9.17) is 0 Å². The average molecular weight is 374 g/mol. The van der Waals surface area contributed by atoms with Crippen LogP contribution < -0.4 is 0 Å². The molecular weight excluding hydrogens is 355 g/mol. The minimum Gasteiger partial charge on any atom is -0.295 e. The molecule has 6 nitrogen and oxygen atoms in total. The highest BCUT2D eigenvalue weighted by atomic mass is 32.2. The quantitative estimate of drug-likeness (QED) is 0.701. The predicted octanol–water partition coefficient (Wildman–Crippen LogP) is 1.98. The molecule has 8 heteroatoms. The molecule has 0 radical (unpaired) electrons. The first-order valence-corrected chi connectivity index (χ1v) is 9.88. The summed E-state index contributed by atoms with van der Waals surface area (Å²) in [5.41, 5.74) is 2.01. The van der Waals surface area contributed by atoms with Crippen molar-refractivity contribution in [1.82, 2.24) is 18.8 Å². The van der Waals surface area contributed by atoms with Crippen molar-refractivity contribution in [2.45, 2.75) is 11.4 Å². The van der Waals surface area contributed by atoms with Gasteiger partial charge in [-0.3, -0.25) is 4.90 Å². The zero-order valence-corrected chi connectivity index (χ0v) is 14.9. The zero-order valence-electron chi connectivity index (χ0n) is 14.1. The molecule has 0 N–H and O–H groups in total. The molecule has 3 heterocycles. The molecule has 136 valence electrons. The summed E-state index contributed by atoms with van der Waals surface area (Å²) in [6, 6.07) is 12.9. The standard InChI is InChI=1S/C18H19FN4O2S/c19-15-4-6-18(7-5-15)26(24,25)22-11-9-21(10-12-22)14-16-13-17-3-1-2-8-23(17)20-16/h1-8,13H,9-12,14H2. The van der Waals surface area contributed by atoms with Crippen LogP contribution in [0.1, 0.15) is 5.69 Å². The summed E-state index contributed by atoms with van der Waals surface area (Å²) in [6.45, 7) is 2.77. The maximum atomic E-state index is 13.0. The number of benzene rings is 1. The highest BCUT2D eigenvalue weighted by molar-refractivity contribution is 7.89. The number of piperazine rings is 1. The Labute approximate surface area is 151 Å². The monoisotopic (exact) mass is 374 g/mol. The molecule has 0 aliphatic carbocycles. The molecule has 4 rings (SSSR count). The van der Waals surface area contributed by atoms with Gasteiger partial charge in [0, 0.05) is 38.9 Å². The summed E-state index contributed by atoms with van der Waals surface area (Å²) in [5, 5.41) is 4.54. The molecule has 0 saturated carbocycles. The second-order valence-electron chi connectivity index (χ2n) is 6.34. The minimum absolute atomic E-state index is 0.132. The first-order chi connectivity index (χ1) is 12.5. The highest BCUT2D eigenvalue weighted by Gasteiger charge is 2.28. The van der Waals surface area contributed by atoms with Gasteiger partial charge in [0.15, 0.2) is 0 Å². The zero-order chi connectivity index (χ0) is 18.1. The van der Waals surface area contributed by atoms with Gasteiger partial charge in [-0.15, -0.1) is 0 Å². The van der Waals surface area contributed by atoms with E-state index in [0.29, 0.717) is 32.7 Å². The Hall–Kier alpha value is -2.29. The van der Waals surface area contributed by atoms with Crippen LogP contribution in [0.5, 0.6) is 0 Å². The summed E-state index contributed by atoms with van der Waals surface area (Å²) >= 11 is 0. The molecular formula is C18H19FN4O2S. The molecule has 26 heavy (non-hydrogen) atoms. The third-order valence-electron chi connectivity index (χ3n) is 4.59. The van der Waals surface area contributed by atoms with Gasteiger partial charge >= 0.3 is 0 Å². The normalized spacial score (nSPS) is 17.0. The summed E-state index contributed by atoms with van der Waals surface area (Å²) in [7, 11) is -3.58. The van der Waals surface area contributed by atoms with E-state index in [9.17, 15) is 12.8 Å². The first-order valence-electron chi connectivity index (χ1n) is 8.44. The van der Waals surface area contributed by atoms with Crippen LogP contribution in [0.2, 0.25) is 0 Å². The third-order valence-corrected chi connectivity index (χ3v) is 6.50. The van der Waals surface area contributed by atoms with Crippen LogP contribution in [0, 0.1) is 5.82 Å². The summed E-state index contributed by atoms with van der Waals surface area (Å²) in [5.74, 6) is -0.443. The lowest BCUT2D eigenvalue weighted by molar-refractivity contribution is 0.180. The Morgan fingerprint density at radius 2 is 1.73 bits per heavy atom. The fourth-order valence-electron chi connectivity index (χ4n) is 3.18. The van der Waals surface area contributed by atoms with Crippen molar-refractivity contribution in [3.8, 4) is 0 Å². The van der Waals surface area contributed by atoms with E-state index in [0.717, 1.165) is 11.2 Å². The van der Waals surface area contributed by atoms with Crippen LogP contribution in [0.25, 0.3) is 5.52 Å². The number of fused-ring (bicyclic) bond motifs is 1. The van der Waals surface area contributed by atoms with Crippen LogP contribution in [0.15, 0.2) is 59.6 Å². The fraction of sp³-hybridized carbons (Fsp3) is 0.278. The number of sulfonamides is 1. The van der Waals surface area contributed by atoms with Crippen LogP contribution in [-0.4, -0.2) is 53.4 Å². The van der Waals surface area contributed by atoms with Gasteiger partial charge in [-0.05, 0) is 42.5 Å². The van der Waals surface area contributed by atoms with E-state index < -0.39 is 15.8 Å². The molecule has 0 unspecified atom stereocenters. The van der Waals surface area contributed by atoms with Crippen LogP contribution in [0.3, 0.4) is 0 Å². The van der Waals surface area contributed by atoms with Crippen LogP contribution >= 0.6 is 0 Å². The lowest BCUT2D eigenvalue weighted by Crippen LogP contribution is -2.48. The fourth-order valence-corrected chi connectivity index (χ4v) is 4.60. The van der Waals surface area contributed by atoms with E-state index in [2.05, 4.69) is 10.00 Å². The number of rotatable bonds is 4. The highest BCUT2D eigenvalue weighted by Crippen LogP contribution is 2.19. The molecule has 1 aliphatic rings. The summed E-state index contributed by atoms with van der Waals surface area (Å²) < 4.78 is 41.6. The largest absolute Gasteiger partial charge is 0.295 e. The molecule has 1 fully saturated rings. The summed E-state index contributed by atoms with van der Waals surface area (Å²) in [6.07, 6.45) is 1.91. The van der Waals surface area contributed by atoms with Crippen molar-refractivity contribution in [2.75, 3.05) is 26.2 Å². The van der Waals surface area contributed by atoms with Gasteiger partial charge in [0.05, 0.1) is 16.1 Å². The van der Waals surface area contributed by atoms with Gasteiger partial charge in [-0.1, -0.05) is 6.07 Å². The maximum absolute atomic E-state index is 13.0. The predicted molar refractivity (Wildman–Crippen MR) is 95.6 cm³/mol. The number of aromatic nitrogens is 2. The van der Waals surface area contributed by atoms with Crippen LogP contribution in [0.4, 0.5) is 4.39 Å². The van der Waals surface area contributed by atoms with Crippen molar-refractivity contribution in [1.29, 1.82) is 0 Å². The van der Waals surface area contributed by atoms with E-state index >= 15 is 0 Å². The Kier molecular flexibility index (Phi) is 4.47. The van der Waals surface area contributed by atoms with Gasteiger partial charge in [-0.25, -0.2) is 17.3 Å². The molecule has 0 atom stereocenters. The lowest BCUT2D eigenvalue weighted by atomic mass is 10.3. The van der Waals surface area contributed by atoms with Crippen molar-refractivity contribution >= 4 is 15.5 Å². The SMILES string of the molecule is O=S(=O)(c1ccc(F)cc1)N1CCN(Cc2cc3ccccn3n2)CC1. The van der Waals surface area contributed by atoms with Gasteiger partial charge in [-0.2, -0.15) is 9.40 Å². The van der Waals surface area contributed by atoms with Gasteiger partial charge in [0.1, 0.15) is 5.82 Å². The maximum Gasteiger partial charge on any atom is 0.243 e. The number of nitrogens with zero attached hydrogens (tertiary/aromatic N) is 4. The minimum atomic E-state index is -3.58. The lowest BCUT2D eigenvalue weighted by Gasteiger charge is -2.33. The number of halogens is 1. The average Bonchev–Trinajstić information content (AvgIpc) is 3.05. The van der Waals surface area contributed by atoms with Crippen molar-refractivity contribution in [3.63, 3.8) is 0 Å².